The van der Waals surface area contributed by atoms with Gasteiger partial charge in [-0.1, -0.05) is 12.1 Å². The Labute approximate surface area is 80.9 Å². The van der Waals surface area contributed by atoms with Crippen LogP contribution in [-0.4, -0.2) is 19.0 Å². The molecule has 4 N–H and O–H groups in total. The van der Waals surface area contributed by atoms with Crippen LogP contribution in [0.1, 0.15) is 20.7 Å². The Bertz CT molecular complexity index is 331. The standard InChI is InChI=1S/C9H8O4.H3N/c1-13-9(12)7-4-2-6(3-5-7)8(10)11;/h2-5H,1H3,(H,10,11);1H3. The first-order chi connectivity index (χ1) is 6.15. The van der Waals surface area contributed by atoms with E-state index in [4.69, 9.17) is 0 Å². The molecule has 0 atom stereocenters. The minimum Gasteiger partial charge on any atom is -0.545 e. The summed E-state index contributed by atoms with van der Waals surface area (Å²) in [6.45, 7) is 0. The van der Waals surface area contributed by atoms with E-state index in [9.17, 15) is 14.7 Å². The molecule has 1 rings (SSSR count). The number of benzene rings is 1. The smallest absolute Gasteiger partial charge is 0.337 e. The monoisotopic (exact) mass is 197 g/mol. The third-order valence-corrected chi connectivity index (χ3v) is 1.54. The van der Waals surface area contributed by atoms with Crippen LogP contribution in [0.5, 0.6) is 0 Å². The Morgan fingerprint density at radius 2 is 1.57 bits per heavy atom. The van der Waals surface area contributed by atoms with Gasteiger partial charge < -0.3 is 20.8 Å². The highest BCUT2D eigenvalue weighted by Gasteiger charge is 2.03. The lowest BCUT2D eigenvalue weighted by atomic mass is 10.1. The van der Waals surface area contributed by atoms with Crippen LogP contribution in [0.2, 0.25) is 0 Å². The van der Waals surface area contributed by atoms with Gasteiger partial charge >= 0.3 is 5.97 Å². The molecule has 0 fully saturated rings. The normalized spacial score (nSPS) is 8.64. The van der Waals surface area contributed by atoms with E-state index in [1.165, 1.54) is 31.4 Å². The maximum absolute atomic E-state index is 10.9. The maximum Gasteiger partial charge on any atom is 0.337 e. The van der Waals surface area contributed by atoms with Gasteiger partial charge in [0.15, 0.2) is 0 Å². The molecule has 0 radical (unpaired) electrons. The molecule has 0 heterocycles. The number of carbonyl (C=O) groups is 2. The van der Waals surface area contributed by atoms with Crippen LogP contribution in [0.3, 0.4) is 0 Å². The molecule has 0 amide bonds. The van der Waals surface area contributed by atoms with Crippen molar-refractivity contribution in [3.63, 3.8) is 0 Å². The van der Waals surface area contributed by atoms with Crippen molar-refractivity contribution in [3.8, 4) is 0 Å². The van der Waals surface area contributed by atoms with E-state index in [1.54, 1.807) is 0 Å². The zero-order chi connectivity index (χ0) is 9.84. The molecule has 0 aliphatic heterocycles. The molecule has 5 heteroatoms. The Morgan fingerprint density at radius 3 is 1.93 bits per heavy atom. The van der Waals surface area contributed by atoms with E-state index < -0.39 is 11.9 Å². The van der Waals surface area contributed by atoms with Crippen molar-refractivity contribution in [1.82, 2.24) is 6.15 Å². The average molecular weight is 197 g/mol. The summed E-state index contributed by atoms with van der Waals surface area (Å²) in [5.74, 6) is -1.76. The summed E-state index contributed by atoms with van der Waals surface area (Å²) < 4.78 is 4.43. The van der Waals surface area contributed by atoms with Gasteiger partial charge in [0.05, 0.1) is 18.6 Å². The van der Waals surface area contributed by atoms with Gasteiger partial charge in [-0.05, 0) is 17.7 Å². The van der Waals surface area contributed by atoms with E-state index in [2.05, 4.69) is 4.74 Å². The Morgan fingerprint density at radius 1 is 1.14 bits per heavy atom. The zero-order valence-corrected chi connectivity index (χ0v) is 7.94. The van der Waals surface area contributed by atoms with Gasteiger partial charge in [0.2, 0.25) is 0 Å². The molecule has 0 unspecified atom stereocenters. The summed E-state index contributed by atoms with van der Waals surface area (Å²) in [4.78, 5) is 21.2. The quantitative estimate of drug-likeness (QED) is 0.684. The van der Waals surface area contributed by atoms with Crippen LogP contribution in [0, 0.1) is 0 Å². The third kappa shape index (κ3) is 2.56. The Balaban J connectivity index is 0.00000169. The second kappa shape index (κ2) is 4.98. The molecule has 0 aliphatic carbocycles. The molecule has 1 aromatic rings. The van der Waals surface area contributed by atoms with Crippen molar-refractivity contribution in [3.05, 3.63) is 35.4 Å². The second-order valence-corrected chi connectivity index (χ2v) is 2.36. The van der Waals surface area contributed by atoms with Crippen molar-refractivity contribution in [2.24, 2.45) is 0 Å². The molecule has 0 saturated heterocycles. The summed E-state index contributed by atoms with van der Waals surface area (Å²) in [6, 6.07) is 5.33. The number of methoxy groups -OCH3 is 1. The summed E-state index contributed by atoms with van der Waals surface area (Å²) in [7, 11) is 1.26. The first-order valence-electron chi connectivity index (χ1n) is 3.55. The topological polar surface area (TPSA) is 103 Å². The number of ether oxygens (including phenoxy) is 1. The van der Waals surface area contributed by atoms with Gasteiger partial charge in [-0.3, -0.25) is 0 Å². The van der Waals surface area contributed by atoms with E-state index in [0.717, 1.165) is 0 Å². The molecular formula is C9H11NO4. The van der Waals surface area contributed by atoms with Crippen molar-refractivity contribution in [2.75, 3.05) is 7.11 Å². The van der Waals surface area contributed by atoms with Gasteiger partial charge in [0.25, 0.3) is 0 Å². The molecular weight excluding hydrogens is 186 g/mol. The number of hydrogen-bond donors (Lipinski definition) is 1. The third-order valence-electron chi connectivity index (χ3n) is 1.54. The number of quaternary nitrogens is 1. The Hall–Kier alpha value is -1.88. The lowest BCUT2D eigenvalue weighted by Crippen LogP contribution is -2.22. The molecule has 5 nitrogen and oxygen atoms in total. The van der Waals surface area contributed by atoms with E-state index in [0.29, 0.717) is 5.56 Å². The number of esters is 1. The van der Waals surface area contributed by atoms with Crippen LogP contribution in [0.25, 0.3) is 0 Å². The van der Waals surface area contributed by atoms with Crippen molar-refractivity contribution >= 4 is 11.9 Å². The summed E-state index contributed by atoms with van der Waals surface area (Å²) >= 11 is 0. The first-order valence-corrected chi connectivity index (χ1v) is 3.55. The van der Waals surface area contributed by atoms with Gasteiger partial charge in [-0.25, -0.2) is 4.79 Å². The van der Waals surface area contributed by atoms with Crippen LogP contribution in [-0.2, 0) is 4.74 Å². The lowest BCUT2D eigenvalue weighted by molar-refractivity contribution is -0.255. The largest absolute Gasteiger partial charge is 0.545 e. The number of rotatable bonds is 2. The maximum atomic E-state index is 10.9. The van der Waals surface area contributed by atoms with Crippen molar-refractivity contribution < 1.29 is 19.4 Å². The zero-order valence-electron chi connectivity index (χ0n) is 7.94. The van der Waals surface area contributed by atoms with Crippen LogP contribution >= 0.6 is 0 Å². The van der Waals surface area contributed by atoms with Crippen LogP contribution in [0.15, 0.2) is 24.3 Å². The molecule has 0 aliphatic rings. The highest BCUT2D eigenvalue weighted by molar-refractivity contribution is 5.91. The summed E-state index contributed by atoms with van der Waals surface area (Å²) in [5.41, 5.74) is 0.347. The van der Waals surface area contributed by atoms with Gasteiger partial charge in [-0.15, -0.1) is 0 Å². The molecule has 14 heavy (non-hydrogen) atoms. The van der Waals surface area contributed by atoms with Crippen molar-refractivity contribution in [1.29, 1.82) is 0 Å². The number of aromatic carboxylic acids is 1. The van der Waals surface area contributed by atoms with Gasteiger partial charge in [0, 0.05) is 0 Å². The highest BCUT2D eigenvalue weighted by Crippen LogP contribution is 2.04. The molecule has 76 valence electrons. The summed E-state index contributed by atoms with van der Waals surface area (Å²) in [5, 5.41) is 10.3. The molecule has 0 aromatic heterocycles. The fraction of sp³-hybridized carbons (Fsp3) is 0.111. The number of hydrogen-bond acceptors (Lipinski definition) is 4. The predicted octanol–water partition coefficient (Wildman–Crippen LogP) is 0.213. The van der Waals surface area contributed by atoms with Crippen molar-refractivity contribution in [2.45, 2.75) is 0 Å². The predicted molar refractivity (Wildman–Crippen MR) is 48.1 cm³/mol. The fourth-order valence-electron chi connectivity index (χ4n) is 0.860. The lowest BCUT2D eigenvalue weighted by Gasteiger charge is -2.02. The number of carboxylic acid groups (broad SMARTS) is 1. The number of carbonyl (C=O) groups excluding carboxylic acids is 2. The molecule has 0 spiro atoms. The van der Waals surface area contributed by atoms with Gasteiger partial charge in [0.1, 0.15) is 0 Å². The molecule has 0 bridgehead atoms. The van der Waals surface area contributed by atoms with E-state index in [-0.39, 0.29) is 11.7 Å². The fourth-order valence-corrected chi connectivity index (χ4v) is 0.860. The SMILES string of the molecule is COC(=O)c1ccc(C(=O)[O-])cc1.[NH4+]. The first kappa shape index (κ1) is 12.1. The Kier molecular flexibility index (Phi) is 4.31. The van der Waals surface area contributed by atoms with Crippen LogP contribution in [0.4, 0.5) is 0 Å². The van der Waals surface area contributed by atoms with Gasteiger partial charge in [-0.2, -0.15) is 0 Å². The molecule has 0 saturated carbocycles. The van der Waals surface area contributed by atoms with E-state index in [1.807, 2.05) is 0 Å². The average Bonchev–Trinajstić information content (AvgIpc) is 2.17. The summed E-state index contributed by atoms with van der Waals surface area (Å²) in [6.07, 6.45) is 0. The number of carboxylic acids is 1. The molecule has 1 aromatic carbocycles. The van der Waals surface area contributed by atoms with E-state index >= 15 is 0 Å². The minimum absolute atomic E-state index is 0. The minimum atomic E-state index is -1.27. The highest BCUT2D eigenvalue weighted by atomic mass is 16.5. The van der Waals surface area contributed by atoms with Crippen LogP contribution < -0.4 is 11.3 Å². The second-order valence-electron chi connectivity index (χ2n) is 2.36.